The number of aliphatic imine (C=N–C) groups is 1. The predicted octanol–water partition coefficient (Wildman–Crippen LogP) is 2.08. The van der Waals surface area contributed by atoms with Crippen LogP contribution in [0.1, 0.15) is 33.6 Å². The van der Waals surface area contributed by atoms with Crippen molar-refractivity contribution in [2.45, 2.75) is 33.6 Å². The van der Waals surface area contributed by atoms with Crippen molar-refractivity contribution >= 4 is 5.71 Å². The molecule has 1 N–H and O–H groups in total. The third-order valence-electron chi connectivity index (χ3n) is 1.55. The molecule has 0 aliphatic carbocycles. The lowest BCUT2D eigenvalue weighted by molar-refractivity contribution is 0.324. The number of nitrogens with zero attached hydrogens (tertiary/aromatic N) is 1. The van der Waals surface area contributed by atoms with Crippen LogP contribution in [0.25, 0.3) is 0 Å². The van der Waals surface area contributed by atoms with Crippen LogP contribution in [-0.2, 0) is 0 Å². The number of aliphatic hydroxyl groups is 1. The lowest BCUT2D eigenvalue weighted by Crippen LogP contribution is -1.99. The van der Waals surface area contributed by atoms with E-state index in [4.69, 9.17) is 5.11 Å². The molecule has 0 atom stereocenters. The van der Waals surface area contributed by atoms with Crippen molar-refractivity contribution in [3.63, 3.8) is 0 Å². The van der Waals surface area contributed by atoms with E-state index in [1.807, 2.05) is 6.42 Å². The molecule has 2 nitrogen and oxygen atoms in total. The molecule has 0 amide bonds. The first-order chi connectivity index (χ1) is 5.66. The summed E-state index contributed by atoms with van der Waals surface area (Å²) >= 11 is 0. The van der Waals surface area contributed by atoms with E-state index in [2.05, 4.69) is 25.8 Å². The van der Waals surface area contributed by atoms with E-state index >= 15 is 0 Å². The summed E-state index contributed by atoms with van der Waals surface area (Å²) in [5.41, 5.74) is 1.22. The fourth-order valence-electron chi connectivity index (χ4n) is 1.09. The number of aliphatic hydroxyl groups excluding tert-OH is 1. The van der Waals surface area contributed by atoms with Gasteiger partial charge in [0.05, 0.1) is 0 Å². The Morgan fingerprint density at radius 2 is 2.17 bits per heavy atom. The van der Waals surface area contributed by atoms with Crippen molar-refractivity contribution in [2.75, 3.05) is 13.2 Å². The second-order valence-corrected chi connectivity index (χ2v) is 3.47. The second kappa shape index (κ2) is 7.29. The Bertz CT molecular complexity index is 130. The minimum Gasteiger partial charge on any atom is -0.396 e. The Morgan fingerprint density at radius 3 is 2.67 bits per heavy atom. The molecule has 1 radical (unpaired) electrons. The van der Waals surface area contributed by atoms with Crippen LogP contribution < -0.4 is 0 Å². The lowest BCUT2D eigenvalue weighted by Gasteiger charge is -2.03. The standard InChI is InChI=1S/C10H20NO/c1-9(2)8-10(3)11-6-4-5-7-12/h5,9,12H,4,6-8H2,1-3H3. The molecule has 0 saturated heterocycles. The van der Waals surface area contributed by atoms with Gasteiger partial charge in [0, 0.05) is 18.9 Å². The SMILES string of the molecule is CC(CC(C)C)=NCC[CH]CO. The van der Waals surface area contributed by atoms with E-state index in [0.717, 1.165) is 19.4 Å². The minimum absolute atomic E-state index is 0.165. The first kappa shape index (κ1) is 11.6. The normalized spacial score (nSPS) is 12.6. The summed E-state index contributed by atoms with van der Waals surface area (Å²) in [7, 11) is 0. The van der Waals surface area contributed by atoms with E-state index in [1.165, 1.54) is 5.71 Å². The number of unbranched alkanes of at least 4 members (excludes halogenated alkanes) is 1. The van der Waals surface area contributed by atoms with Gasteiger partial charge in [-0.05, 0) is 32.1 Å². The molecule has 0 saturated carbocycles. The van der Waals surface area contributed by atoms with Crippen LogP contribution >= 0.6 is 0 Å². The second-order valence-electron chi connectivity index (χ2n) is 3.47. The summed E-state index contributed by atoms with van der Waals surface area (Å²) in [6.45, 7) is 7.44. The number of hydrogen-bond donors (Lipinski definition) is 1. The Hall–Kier alpha value is -0.370. The summed E-state index contributed by atoms with van der Waals surface area (Å²) in [5, 5.41) is 8.47. The van der Waals surface area contributed by atoms with Gasteiger partial charge < -0.3 is 5.11 Å². The van der Waals surface area contributed by atoms with Crippen molar-refractivity contribution < 1.29 is 5.11 Å². The van der Waals surface area contributed by atoms with E-state index in [1.54, 1.807) is 0 Å². The highest BCUT2D eigenvalue weighted by molar-refractivity contribution is 5.82. The molecule has 0 aliphatic heterocycles. The van der Waals surface area contributed by atoms with Gasteiger partial charge in [-0.1, -0.05) is 13.8 Å². The van der Waals surface area contributed by atoms with Crippen LogP contribution in [0.5, 0.6) is 0 Å². The predicted molar refractivity (Wildman–Crippen MR) is 53.4 cm³/mol. The summed E-state index contributed by atoms with van der Waals surface area (Å²) in [4.78, 5) is 4.38. The maximum absolute atomic E-state index is 8.47. The third kappa shape index (κ3) is 7.73. The van der Waals surface area contributed by atoms with E-state index in [-0.39, 0.29) is 6.61 Å². The van der Waals surface area contributed by atoms with Crippen LogP contribution in [0.2, 0.25) is 0 Å². The zero-order chi connectivity index (χ0) is 9.40. The molecule has 0 spiro atoms. The van der Waals surface area contributed by atoms with E-state index in [0.29, 0.717) is 5.92 Å². The summed E-state index contributed by atoms with van der Waals surface area (Å²) in [6, 6.07) is 0. The van der Waals surface area contributed by atoms with Gasteiger partial charge in [0.15, 0.2) is 0 Å². The Balaban J connectivity index is 3.41. The van der Waals surface area contributed by atoms with Crippen LogP contribution in [0.15, 0.2) is 4.99 Å². The molecular weight excluding hydrogens is 150 g/mol. The maximum atomic E-state index is 8.47. The molecule has 0 unspecified atom stereocenters. The van der Waals surface area contributed by atoms with Gasteiger partial charge in [-0.25, -0.2) is 0 Å². The molecule has 0 aliphatic rings. The van der Waals surface area contributed by atoms with Crippen molar-refractivity contribution in [3.05, 3.63) is 6.42 Å². The zero-order valence-corrected chi connectivity index (χ0v) is 8.38. The van der Waals surface area contributed by atoms with Gasteiger partial charge >= 0.3 is 0 Å². The average Bonchev–Trinajstić information content (AvgIpc) is 1.97. The molecule has 0 aromatic rings. The number of hydrogen-bond acceptors (Lipinski definition) is 2. The Labute approximate surface area is 75.7 Å². The topological polar surface area (TPSA) is 32.6 Å². The average molecular weight is 170 g/mol. The summed E-state index contributed by atoms with van der Waals surface area (Å²) in [5.74, 6) is 0.690. The van der Waals surface area contributed by atoms with Crippen molar-refractivity contribution in [3.8, 4) is 0 Å². The first-order valence-corrected chi connectivity index (χ1v) is 4.59. The zero-order valence-electron chi connectivity index (χ0n) is 8.38. The van der Waals surface area contributed by atoms with Crippen molar-refractivity contribution in [1.82, 2.24) is 0 Å². The van der Waals surface area contributed by atoms with Crippen LogP contribution in [-0.4, -0.2) is 24.0 Å². The van der Waals surface area contributed by atoms with Crippen LogP contribution in [0.4, 0.5) is 0 Å². The molecule has 0 rings (SSSR count). The van der Waals surface area contributed by atoms with Gasteiger partial charge in [-0.15, -0.1) is 0 Å². The highest BCUT2D eigenvalue weighted by Gasteiger charge is 1.95. The highest BCUT2D eigenvalue weighted by atomic mass is 16.2. The van der Waals surface area contributed by atoms with Gasteiger partial charge in [0.1, 0.15) is 0 Å². The van der Waals surface area contributed by atoms with Gasteiger partial charge in [0.25, 0.3) is 0 Å². The van der Waals surface area contributed by atoms with Gasteiger partial charge in [-0.3, -0.25) is 4.99 Å². The smallest absolute Gasteiger partial charge is 0.0463 e. The number of rotatable bonds is 6. The molecule has 0 heterocycles. The molecule has 2 heteroatoms. The molecule has 0 aromatic carbocycles. The van der Waals surface area contributed by atoms with Crippen molar-refractivity contribution in [2.24, 2.45) is 10.9 Å². The van der Waals surface area contributed by atoms with Gasteiger partial charge in [0.2, 0.25) is 0 Å². The summed E-state index contributed by atoms with van der Waals surface area (Å²) in [6.07, 6.45) is 3.80. The fourth-order valence-corrected chi connectivity index (χ4v) is 1.09. The van der Waals surface area contributed by atoms with E-state index in [9.17, 15) is 0 Å². The molecule has 0 aromatic heterocycles. The fraction of sp³-hybridized carbons (Fsp3) is 0.800. The van der Waals surface area contributed by atoms with Crippen LogP contribution in [0.3, 0.4) is 0 Å². The first-order valence-electron chi connectivity index (χ1n) is 4.59. The summed E-state index contributed by atoms with van der Waals surface area (Å²) < 4.78 is 0. The maximum Gasteiger partial charge on any atom is 0.0463 e. The highest BCUT2D eigenvalue weighted by Crippen LogP contribution is 2.01. The molecule has 12 heavy (non-hydrogen) atoms. The monoisotopic (exact) mass is 170 g/mol. The largest absolute Gasteiger partial charge is 0.396 e. The van der Waals surface area contributed by atoms with Gasteiger partial charge in [-0.2, -0.15) is 0 Å². The van der Waals surface area contributed by atoms with E-state index < -0.39 is 0 Å². The molecular formula is C10H20NO. The molecule has 71 valence electrons. The molecule has 0 fully saturated rings. The van der Waals surface area contributed by atoms with Crippen LogP contribution in [0, 0.1) is 12.3 Å². The van der Waals surface area contributed by atoms with Crippen molar-refractivity contribution in [1.29, 1.82) is 0 Å². The third-order valence-corrected chi connectivity index (χ3v) is 1.55. The lowest BCUT2D eigenvalue weighted by atomic mass is 10.1. The molecule has 0 bridgehead atoms. The quantitative estimate of drug-likeness (QED) is 0.480. The minimum atomic E-state index is 0.165. The Kier molecular flexibility index (Phi) is 7.06. The Morgan fingerprint density at radius 1 is 1.50 bits per heavy atom.